The van der Waals surface area contributed by atoms with Gasteiger partial charge in [-0.3, -0.25) is 0 Å². The Morgan fingerprint density at radius 2 is 1.37 bits per heavy atom. The van der Waals surface area contributed by atoms with Gasteiger partial charge in [-0.05, 0) is 6.92 Å². The fourth-order valence-electron chi connectivity index (χ4n) is 2.08. The maximum atomic E-state index is 13.4. The summed E-state index contributed by atoms with van der Waals surface area (Å²) < 4.78 is 18.8. The average molecular weight is 274 g/mol. The van der Waals surface area contributed by atoms with Gasteiger partial charge in [-0.25, -0.2) is 0 Å². The van der Waals surface area contributed by atoms with E-state index in [4.69, 9.17) is 4.74 Å². The molecule has 0 fully saturated rings. The van der Waals surface area contributed by atoms with Crippen molar-refractivity contribution < 1.29 is 9.30 Å². The van der Waals surface area contributed by atoms with Gasteiger partial charge < -0.3 is 9.30 Å². The summed E-state index contributed by atoms with van der Waals surface area (Å²) in [5, 5.41) is 1.81. The van der Waals surface area contributed by atoms with Gasteiger partial charge in [0, 0.05) is 23.4 Å². The zero-order chi connectivity index (χ0) is 13.6. The van der Waals surface area contributed by atoms with Gasteiger partial charge >= 0.3 is 0 Å². The van der Waals surface area contributed by atoms with E-state index in [-0.39, 0.29) is 0 Å². The van der Waals surface area contributed by atoms with E-state index in [1.807, 2.05) is 67.6 Å². The Balaban J connectivity index is 2.36. The molecule has 0 saturated carbocycles. The van der Waals surface area contributed by atoms with E-state index >= 15 is 0 Å². The second-order valence-electron chi connectivity index (χ2n) is 4.33. The molecular weight excluding hydrogens is 255 g/mol. The smallest absolute Gasteiger partial charge is 0.145 e. The van der Waals surface area contributed by atoms with Gasteiger partial charge in [-0.1, -0.05) is 60.7 Å². The number of hydrogen-bond acceptors (Lipinski definition) is 2. The van der Waals surface area contributed by atoms with Crippen molar-refractivity contribution >= 4 is 17.8 Å². The highest BCUT2D eigenvalue weighted by molar-refractivity contribution is 7.78. The quantitative estimate of drug-likeness (QED) is 0.598. The van der Waals surface area contributed by atoms with Crippen molar-refractivity contribution in [1.29, 1.82) is 0 Å². The van der Waals surface area contributed by atoms with Crippen LogP contribution in [0.25, 0.3) is 0 Å². The van der Waals surface area contributed by atoms with E-state index in [1.54, 1.807) is 0 Å². The summed E-state index contributed by atoms with van der Waals surface area (Å²) in [6, 6.07) is 19.4. The lowest BCUT2D eigenvalue weighted by Gasteiger charge is -2.19. The van der Waals surface area contributed by atoms with Gasteiger partial charge in [0.05, 0.1) is 6.61 Å². The molecule has 0 aliphatic heterocycles. The molecule has 0 amide bonds. The first-order valence-electron chi connectivity index (χ1n) is 6.55. The molecule has 2 nitrogen and oxygen atoms in total. The van der Waals surface area contributed by atoms with E-state index in [2.05, 4.69) is 0 Å². The van der Waals surface area contributed by atoms with Crippen LogP contribution in [0.4, 0.5) is 0 Å². The van der Waals surface area contributed by atoms with E-state index in [0.29, 0.717) is 19.4 Å². The zero-order valence-electron chi connectivity index (χ0n) is 11.2. The minimum atomic E-state index is -2.58. The lowest BCUT2D eigenvalue weighted by atomic mass is 10.4. The first-order valence-corrected chi connectivity index (χ1v) is 8.44. The van der Waals surface area contributed by atoms with E-state index in [1.165, 1.54) is 0 Å². The second kappa shape index (κ2) is 6.70. The van der Waals surface area contributed by atoms with Crippen molar-refractivity contribution in [3.05, 3.63) is 60.7 Å². The topological polar surface area (TPSA) is 26.3 Å². The van der Waals surface area contributed by atoms with Crippen LogP contribution in [0.1, 0.15) is 6.92 Å². The molecular formula is C16H19O2P. The molecule has 3 heteroatoms. The average Bonchev–Trinajstić information content (AvgIpc) is 2.49. The fraction of sp³-hybridized carbons (Fsp3) is 0.250. The van der Waals surface area contributed by atoms with Gasteiger partial charge in [0.15, 0.2) is 0 Å². The van der Waals surface area contributed by atoms with Crippen molar-refractivity contribution in [2.75, 3.05) is 19.4 Å². The van der Waals surface area contributed by atoms with Crippen LogP contribution < -0.4 is 10.6 Å². The Labute approximate surface area is 114 Å². The van der Waals surface area contributed by atoms with Crippen molar-refractivity contribution in [1.82, 2.24) is 0 Å². The Hall–Kier alpha value is -1.37. The SMILES string of the molecule is CCOCCP(=O)(c1ccccc1)c1ccccc1. The van der Waals surface area contributed by atoms with Crippen LogP contribution in [0.3, 0.4) is 0 Å². The highest BCUT2D eigenvalue weighted by Gasteiger charge is 2.26. The zero-order valence-corrected chi connectivity index (χ0v) is 12.1. The fourth-order valence-corrected chi connectivity index (χ4v) is 4.59. The third-order valence-corrected chi connectivity index (χ3v) is 6.18. The largest absolute Gasteiger partial charge is 0.381 e. The van der Waals surface area contributed by atoms with Crippen molar-refractivity contribution in [3.63, 3.8) is 0 Å². The summed E-state index contributed by atoms with van der Waals surface area (Å²) in [6.45, 7) is 3.14. The summed E-state index contributed by atoms with van der Waals surface area (Å²) in [4.78, 5) is 0. The molecule has 0 heterocycles. The van der Waals surface area contributed by atoms with Crippen molar-refractivity contribution in [2.45, 2.75) is 6.92 Å². The summed E-state index contributed by atoms with van der Waals surface area (Å²) in [6.07, 6.45) is 0.550. The highest BCUT2D eigenvalue weighted by Crippen LogP contribution is 2.42. The van der Waals surface area contributed by atoms with Crippen molar-refractivity contribution in [3.8, 4) is 0 Å². The molecule has 0 unspecified atom stereocenters. The third-order valence-electron chi connectivity index (χ3n) is 3.10. The molecule has 0 aliphatic carbocycles. The normalized spacial score (nSPS) is 11.4. The van der Waals surface area contributed by atoms with Gasteiger partial charge in [0.25, 0.3) is 0 Å². The Morgan fingerprint density at radius 1 is 0.895 bits per heavy atom. The summed E-state index contributed by atoms with van der Waals surface area (Å²) in [5.74, 6) is 0. The minimum Gasteiger partial charge on any atom is -0.381 e. The van der Waals surface area contributed by atoms with Crippen LogP contribution in [-0.2, 0) is 9.30 Å². The number of rotatable bonds is 6. The number of ether oxygens (including phenoxy) is 1. The lowest BCUT2D eigenvalue weighted by Crippen LogP contribution is -2.20. The van der Waals surface area contributed by atoms with Crippen LogP contribution in [0.5, 0.6) is 0 Å². The molecule has 2 rings (SSSR count). The molecule has 0 aliphatic rings. The predicted octanol–water partition coefficient (Wildman–Crippen LogP) is 3.04. The van der Waals surface area contributed by atoms with E-state index in [0.717, 1.165) is 10.6 Å². The van der Waals surface area contributed by atoms with Gasteiger partial charge in [-0.2, -0.15) is 0 Å². The molecule has 100 valence electrons. The standard InChI is InChI=1S/C16H19O2P/c1-2-18-13-14-19(17,15-9-5-3-6-10-15)16-11-7-4-8-12-16/h3-12H,2,13-14H2,1H3. The molecule has 0 bridgehead atoms. The maximum Gasteiger partial charge on any atom is 0.145 e. The maximum absolute atomic E-state index is 13.4. The molecule has 0 saturated heterocycles. The molecule has 19 heavy (non-hydrogen) atoms. The van der Waals surface area contributed by atoms with Gasteiger partial charge in [0.1, 0.15) is 7.14 Å². The number of benzene rings is 2. The number of hydrogen-bond donors (Lipinski definition) is 0. The first-order chi connectivity index (χ1) is 9.27. The molecule has 2 aromatic carbocycles. The molecule has 0 aromatic heterocycles. The highest BCUT2D eigenvalue weighted by atomic mass is 31.2. The summed E-state index contributed by atoms with van der Waals surface area (Å²) in [7, 11) is -2.58. The monoisotopic (exact) mass is 274 g/mol. The predicted molar refractivity (Wildman–Crippen MR) is 81.1 cm³/mol. The summed E-state index contributed by atoms with van der Waals surface area (Å²) >= 11 is 0. The Kier molecular flexibility index (Phi) is 4.95. The Morgan fingerprint density at radius 3 is 1.79 bits per heavy atom. The van der Waals surface area contributed by atoms with E-state index < -0.39 is 7.14 Å². The molecule has 0 radical (unpaired) electrons. The lowest BCUT2D eigenvalue weighted by molar-refractivity contribution is 0.163. The molecule has 0 atom stereocenters. The summed E-state index contributed by atoms with van der Waals surface area (Å²) in [5.41, 5.74) is 0. The Bertz CT molecular complexity index is 494. The van der Waals surface area contributed by atoms with Gasteiger partial charge in [-0.15, -0.1) is 0 Å². The van der Waals surface area contributed by atoms with Crippen LogP contribution in [0.15, 0.2) is 60.7 Å². The molecule has 0 spiro atoms. The first kappa shape index (κ1) is 14.0. The van der Waals surface area contributed by atoms with Crippen LogP contribution in [-0.4, -0.2) is 19.4 Å². The van der Waals surface area contributed by atoms with Crippen LogP contribution >= 0.6 is 7.14 Å². The van der Waals surface area contributed by atoms with Crippen LogP contribution in [0, 0.1) is 0 Å². The van der Waals surface area contributed by atoms with Gasteiger partial charge in [0.2, 0.25) is 0 Å². The second-order valence-corrected chi connectivity index (χ2v) is 7.29. The third kappa shape index (κ3) is 3.34. The van der Waals surface area contributed by atoms with E-state index in [9.17, 15) is 4.57 Å². The van der Waals surface area contributed by atoms with Crippen molar-refractivity contribution in [2.24, 2.45) is 0 Å². The van der Waals surface area contributed by atoms with Crippen LogP contribution in [0.2, 0.25) is 0 Å². The minimum absolute atomic E-state index is 0.525. The molecule has 0 N–H and O–H groups in total. The molecule has 2 aromatic rings.